The van der Waals surface area contributed by atoms with Crippen molar-refractivity contribution >= 4 is 17.7 Å². The molecule has 0 heterocycles. The highest BCUT2D eigenvalue weighted by atomic mass is 16.1. The predicted molar refractivity (Wildman–Crippen MR) is 64.6 cm³/mol. The number of amides is 1. The van der Waals surface area contributed by atoms with Crippen molar-refractivity contribution in [3.05, 3.63) is 35.4 Å². The van der Waals surface area contributed by atoms with Crippen LogP contribution in [0.3, 0.4) is 0 Å². The molecule has 0 aliphatic rings. The lowest BCUT2D eigenvalue weighted by molar-refractivity contribution is -0.115. The topological polar surface area (TPSA) is 76.7 Å². The number of nitrogens with one attached hydrogen (secondary N) is 1. The van der Waals surface area contributed by atoms with E-state index < -0.39 is 0 Å². The highest BCUT2D eigenvalue weighted by Gasteiger charge is 1.99. The molecule has 17 heavy (non-hydrogen) atoms. The van der Waals surface area contributed by atoms with Crippen molar-refractivity contribution in [2.75, 3.05) is 5.32 Å². The van der Waals surface area contributed by atoms with E-state index >= 15 is 0 Å². The number of hydrogen-bond acceptors (Lipinski definition) is 3. The minimum absolute atomic E-state index is 0.0512. The van der Waals surface area contributed by atoms with Gasteiger partial charge in [0.2, 0.25) is 5.91 Å². The maximum absolute atomic E-state index is 11.1. The van der Waals surface area contributed by atoms with Gasteiger partial charge in [-0.3, -0.25) is 4.79 Å². The fraction of sp³-hybridized carbons (Fsp3) is 0.154. The van der Waals surface area contributed by atoms with Gasteiger partial charge in [-0.25, -0.2) is 0 Å². The monoisotopic (exact) mass is 225 g/mol. The molecule has 0 aromatic heterocycles. The number of rotatable bonds is 3. The molecule has 0 radical (unpaired) electrons. The van der Waals surface area contributed by atoms with Crippen LogP contribution < -0.4 is 5.32 Å². The Morgan fingerprint density at radius 1 is 1.29 bits per heavy atom. The van der Waals surface area contributed by atoms with Crippen molar-refractivity contribution in [3.63, 3.8) is 0 Å². The SMILES string of the molecule is CCC(=O)Nc1ccc(C=C(C#N)C#N)cc1. The summed E-state index contributed by atoms with van der Waals surface area (Å²) in [4.78, 5) is 11.1. The van der Waals surface area contributed by atoms with Crippen LogP contribution in [-0.2, 0) is 4.79 Å². The van der Waals surface area contributed by atoms with Gasteiger partial charge in [-0.15, -0.1) is 0 Å². The van der Waals surface area contributed by atoms with E-state index in [0.717, 1.165) is 5.56 Å². The third-order valence-corrected chi connectivity index (χ3v) is 2.07. The second-order valence-corrected chi connectivity index (χ2v) is 3.31. The van der Waals surface area contributed by atoms with Gasteiger partial charge in [-0.05, 0) is 23.8 Å². The minimum Gasteiger partial charge on any atom is -0.326 e. The van der Waals surface area contributed by atoms with Crippen LogP contribution in [0.1, 0.15) is 18.9 Å². The quantitative estimate of drug-likeness (QED) is 0.802. The maximum Gasteiger partial charge on any atom is 0.224 e. The molecule has 84 valence electrons. The van der Waals surface area contributed by atoms with Gasteiger partial charge in [0.05, 0.1) is 0 Å². The highest BCUT2D eigenvalue weighted by Crippen LogP contribution is 2.12. The molecule has 0 fully saturated rings. The van der Waals surface area contributed by atoms with Gasteiger partial charge in [0.1, 0.15) is 17.7 Å². The van der Waals surface area contributed by atoms with Gasteiger partial charge in [-0.2, -0.15) is 10.5 Å². The number of anilines is 1. The van der Waals surface area contributed by atoms with Crippen LogP contribution in [0.4, 0.5) is 5.69 Å². The molecule has 1 aromatic carbocycles. The number of allylic oxidation sites excluding steroid dienone is 1. The van der Waals surface area contributed by atoms with E-state index in [1.165, 1.54) is 6.08 Å². The van der Waals surface area contributed by atoms with Crippen LogP contribution in [0.25, 0.3) is 6.08 Å². The first-order valence-electron chi connectivity index (χ1n) is 5.11. The zero-order valence-corrected chi connectivity index (χ0v) is 9.40. The van der Waals surface area contributed by atoms with Gasteiger partial charge in [0, 0.05) is 12.1 Å². The Balaban J connectivity index is 2.83. The molecule has 1 aromatic rings. The Hall–Kier alpha value is -2.59. The number of nitriles is 2. The summed E-state index contributed by atoms with van der Waals surface area (Å²) in [5.41, 5.74) is 1.50. The fourth-order valence-corrected chi connectivity index (χ4v) is 1.17. The molecule has 4 nitrogen and oxygen atoms in total. The van der Waals surface area contributed by atoms with Crippen LogP contribution in [0.2, 0.25) is 0 Å². The average Bonchev–Trinajstić information content (AvgIpc) is 2.37. The molecule has 0 aliphatic heterocycles. The molecule has 0 unspecified atom stereocenters. The highest BCUT2D eigenvalue weighted by molar-refractivity contribution is 5.90. The summed E-state index contributed by atoms with van der Waals surface area (Å²) in [7, 11) is 0. The van der Waals surface area contributed by atoms with Gasteiger partial charge in [0.15, 0.2) is 0 Å². The Morgan fingerprint density at radius 2 is 1.88 bits per heavy atom. The normalized spacial score (nSPS) is 8.65. The lowest BCUT2D eigenvalue weighted by Gasteiger charge is -2.03. The predicted octanol–water partition coefficient (Wildman–Crippen LogP) is 2.47. The first-order chi connectivity index (χ1) is 8.19. The van der Waals surface area contributed by atoms with Crippen LogP contribution in [-0.4, -0.2) is 5.91 Å². The largest absolute Gasteiger partial charge is 0.326 e. The number of carbonyl (C=O) groups excluding carboxylic acids is 1. The zero-order chi connectivity index (χ0) is 12.7. The summed E-state index contributed by atoms with van der Waals surface area (Å²) in [5.74, 6) is -0.0527. The zero-order valence-electron chi connectivity index (χ0n) is 9.40. The van der Waals surface area contributed by atoms with Gasteiger partial charge >= 0.3 is 0 Å². The third-order valence-electron chi connectivity index (χ3n) is 2.07. The van der Waals surface area contributed by atoms with Crippen molar-refractivity contribution in [2.24, 2.45) is 0 Å². The fourth-order valence-electron chi connectivity index (χ4n) is 1.17. The van der Waals surface area contributed by atoms with Gasteiger partial charge < -0.3 is 5.32 Å². The van der Waals surface area contributed by atoms with Crippen molar-refractivity contribution in [3.8, 4) is 12.1 Å². The van der Waals surface area contributed by atoms with Crippen molar-refractivity contribution in [2.45, 2.75) is 13.3 Å². The van der Waals surface area contributed by atoms with E-state index in [1.807, 2.05) is 0 Å². The van der Waals surface area contributed by atoms with E-state index in [0.29, 0.717) is 12.1 Å². The molecular formula is C13H11N3O. The Labute approximate surface area is 99.8 Å². The van der Waals surface area contributed by atoms with E-state index in [-0.39, 0.29) is 11.5 Å². The van der Waals surface area contributed by atoms with Gasteiger partial charge in [0.25, 0.3) is 0 Å². The molecule has 1 rings (SSSR count). The Kier molecular flexibility index (Phi) is 4.47. The Morgan fingerprint density at radius 3 is 2.35 bits per heavy atom. The van der Waals surface area contributed by atoms with E-state index in [1.54, 1.807) is 43.3 Å². The lowest BCUT2D eigenvalue weighted by atomic mass is 10.1. The molecule has 0 spiro atoms. The van der Waals surface area contributed by atoms with Crippen molar-refractivity contribution < 1.29 is 4.79 Å². The minimum atomic E-state index is -0.0527. The number of carbonyl (C=O) groups is 1. The molecule has 0 saturated heterocycles. The molecule has 1 N–H and O–H groups in total. The van der Waals surface area contributed by atoms with E-state index in [9.17, 15) is 4.79 Å². The van der Waals surface area contributed by atoms with Crippen LogP contribution in [0, 0.1) is 22.7 Å². The van der Waals surface area contributed by atoms with Crippen LogP contribution >= 0.6 is 0 Å². The molecule has 0 aliphatic carbocycles. The maximum atomic E-state index is 11.1. The molecule has 0 bridgehead atoms. The number of nitrogens with zero attached hydrogens (tertiary/aromatic N) is 2. The summed E-state index contributed by atoms with van der Waals surface area (Å²) < 4.78 is 0. The summed E-state index contributed by atoms with van der Waals surface area (Å²) >= 11 is 0. The Bertz CT molecular complexity index is 499. The molecular weight excluding hydrogens is 214 g/mol. The van der Waals surface area contributed by atoms with Crippen LogP contribution in [0.15, 0.2) is 29.8 Å². The average molecular weight is 225 g/mol. The lowest BCUT2D eigenvalue weighted by Crippen LogP contribution is -2.08. The summed E-state index contributed by atoms with van der Waals surface area (Å²) in [6, 6.07) is 10.5. The summed E-state index contributed by atoms with van der Waals surface area (Å²) in [6.45, 7) is 1.78. The smallest absolute Gasteiger partial charge is 0.224 e. The first kappa shape index (κ1) is 12.5. The molecule has 1 amide bonds. The van der Waals surface area contributed by atoms with Crippen molar-refractivity contribution in [1.82, 2.24) is 0 Å². The number of benzene rings is 1. The van der Waals surface area contributed by atoms with Crippen molar-refractivity contribution in [1.29, 1.82) is 10.5 Å². The summed E-state index contributed by atoms with van der Waals surface area (Å²) in [6.07, 6.45) is 1.92. The van der Waals surface area contributed by atoms with E-state index in [2.05, 4.69) is 5.32 Å². The molecule has 0 saturated carbocycles. The van der Waals surface area contributed by atoms with E-state index in [4.69, 9.17) is 10.5 Å². The second-order valence-electron chi connectivity index (χ2n) is 3.31. The third kappa shape index (κ3) is 3.81. The van der Waals surface area contributed by atoms with Gasteiger partial charge in [-0.1, -0.05) is 19.1 Å². The summed E-state index contributed by atoms with van der Waals surface area (Å²) in [5, 5.41) is 19.9. The molecule has 4 heteroatoms. The standard InChI is InChI=1S/C13H11N3O/c1-2-13(17)16-12-5-3-10(4-6-12)7-11(8-14)9-15/h3-7H,2H2,1H3,(H,16,17). The first-order valence-corrected chi connectivity index (χ1v) is 5.11. The second kappa shape index (κ2) is 6.09. The van der Waals surface area contributed by atoms with Crippen LogP contribution in [0.5, 0.6) is 0 Å². The molecule has 0 atom stereocenters. The number of hydrogen-bond donors (Lipinski definition) is 1.